The minimum atomic E-state index is -1.64. The fourth-order valence-electron chi connectivity index (χ4n) is 3.15. The van der Waals surface area contributed by atoms with Crippen molar-refractivity contribution in [1.82, 2.24) is 4.98 Å². The molecule has 0 aliphatic carbocycles. The predicted octanol–water partition coefficient (Wildman–Crippen LogP) is 4.06. The number of aromatic nitrogens is 1. The lowest BCUT2D eigenvalue weighted by Gasteiger charge is -2.27. The number of halogens is 2. The minimum Gasteiger partial charge on any atom is -0.299 e. The molecule has 5 nitrogen and oxygen atoms in total. The van der Waals surface area contributed by atoms with Crippen LogP contribution in [0.25, 0.3) is 0 Å². The minimum absolute atomic E-state index is 0.264. The van der Waals surface area contributed by atoms with Gasteiger partial charge in [0.2, 0.25) is 0 Å². The van der Waals surface area contributed by atoms with E-state index in [0.717, 1.165) is 0 Å². The van der Waals surface area contributed by atoms with E-state index in [-0.39, 0.29) is 5.56 Å². The fraction of sp³-hybridized carbons (Fsp3) is 0.0952. The standard InChI is InChI=1S/C21H16ClFN4O/c1-21(24)20(28)27(18-12-13(22)10-11-25-18)17-9-5-3-7-15(17)19(26-21)14-6-2-4-8-16(14)23/h2-12H,24H2,1H3. The maximum Gasteiger partial charge on any atom is 0.274 e. The van der Waals surface area contributed by atoms with Crippen molar-refractivity contribution >= 4 is 34.7 Å². The van der Waals surface area contributed by atoms with Gasteiger partial charge in [0.05, 0.1) is 11.4 Å². The maximum atomic E-state index is 14.6. The molecule has 1 aromatic heterocycles. The number of rotatable bonds is 2. The van der Waals surface area contributed by atoms with Crippen LogP contribution in [0, 0.1) is 5.82 Å². The van der Waals surface area contributed by atoms with E-state index in [1.54, 1.807) is 54.6 Å². The summed E-state index contributed by atoms with van der Waals surface area (Å²) in [5, 5.41) is 0.425. The monoisotopic (exact) mass is 394 g/mol. The first-order valence-corrected chi connectivity index (χ1v) is 8.95. The van der Waals surface area contributed by atoms with E-state index in [1.165, 1.54) is 24.1 Å². The molecule has 2 aromatic carbocycles. The van der Waals surface area contributed by atoms with E-state index < -0.39 is 17.4 Å². The molecule has 3 aromatic rings. The number of hydrogen-bond acceptors (Lipinski definition) is 4. The molecule has 7 heteroatoms. The number of benzodiazepines with no additional fused rings is 1. The molecule has 140 valence electrons. The molecule has 0 saturated carbocycles. The molecule has 1 atom stereocenters. The van der Waals surface area contributed by atoms with Crippen molar-refractivity contribution in [3.8, 4) is 0 Å². The third-order valence-electron chi connectivity index (χ3n) is 4.45. The van der Waals surface area contributed by atoms with Crippen LogP contribution < -0.4 is 10.6 Å². The molecule has 1 aliphatic rings. The van der Waals surface area contributed by atoms with Crippen molar-refractivity contribution in [3.05, 3.63) is 88.8 Å². The molecular weight excluding hydrogens is 379 g/mol. The molecule has 0 bridgehead atoms. The number of para-hydroxylation sites is 1. The Kier molecular flexibility index (Phi) is 4.45. The number of benzene rings is 2. The fourth-order valence-corrected chi connectivity index (χ4v) is 3.30. The molecule has 1 amide bonds. The number of pyridine rings is 1. The Morgan fingerprint density at radius 1 is 1.07 bits per heavy atom. The van der Waals surface area contributed by atoms with Crippen LogP contribution in [-0.2, 0) is 4.79 Å². The van der Waals surface area contributed by atoms with E-state index in [9.17, 15) is 9.18 Å². The van der Waals surface area contributed by atoms with E-state index in [0.29, 0.717) is 27.8 Å². The largest absolute Gasteiger partial charge is 0.299 e. The highest BCUT2D eigenvalue weighted by molar-refractivity contribution is 6.31. The molecular formula is C21H16ClFN4O. The summed E-state index contributed by atoms with van der Waals surface area (Å²) in [5.74, 6) is -0.638. The van der Waals surface area contributed by atoms with E-state index in [4.69, 9.17) is 17.3 Å². The van der Waals surface area contributed by atoms with Gasteiger partial charge in [-0.3, -0.25) is 20.4 Å². The lowest BCUT2D eigenvalue weighted by molar-refractivity contribution is -0.122. The lowest BCUT2D eigenvalue weighted by Crippen LogP contribution is -2.50. The number of aliphatic imine (C=N–C) groups is 1. The van der Waals surface area contributed by atoms with Crippen LogP contribution in [0.2, 0.25) is 5.02 Å². The van der Waals surface area contributed by atoms with Gasteiger partial charge in [0.25, 0.3) is 5.91 Å². The second kappa shape index (κ2) is 6.82. The molecule has 2 N–H and O–H groups in total. The van der Waals surface area contributed by atoms with Crippen molar-refractivity contribution in [1.29, 1.82) is 0 Å². The molecule has 4 rings (SSSR count). The SMILES string of the molecule is CC1(N)N=C(c2ccccc2F)c2ccccc2N(c2cc(Cl)ccn2)C1=O. The number of anilines is 2. The molecule has 2 heterocycles. The maximum absolute atomic E-state index is 14.6. The van der Waals surface area contributed by atoms with Gasteiger partial charge in [-0.05, 0) is 31.2 Å². The Morgan fingerprint density at radius 3 is 2.46 bits per heavy atom. The van der Waals surface area contributed by atoms with Gasteiger partial charge in [-0.2, -0.15) is 0 Å². The van der Waals surface area contributed by atoms with Crippen LogP contribution in [-0.4, -0.2) is 22.3 Å². The van der Waals surface area contributed by atoms with Gasteiger partial charge in [-0.25, -0.2) is 9.37 Å². The lowest BCUT2D eigenvalue weighted by atomic mass is 9.99. The number of carbonyl (C=O) groups is 1. The van der Waals surface area contributed by atoms with Crippen LogP contribution in [0.1, 0.15) is 18.1 Å². The zero-order valence-corrected chi connectivity index (χ0v) is 15.7. The first-order valence-electron chi connectivity index (χ1n) is 8.57. The Morgan fingerprint density at radius 2 is 1.75 bits per heavy atom. The average Bonchev–Trinajstić information content (AvgIpc) is 2.75. The highest BCUT2D eigenvalue weighted by atomic mass is 35.5. The third kappa shape index (κ3) is 3.06. The number of amides is 1. The second-order valence-corrected chi connectivity index (χ2v) is 7.01. The normalized spacial score (nSPS) is 19.1. The molecule has 0 fully saturated rings. The van der Waals surface area contributed by atoms with E-state index >= 15 is 0 Å². The summed E-state index contributed by atoms with van der Waals surface area (Å²) in [6, 6.07) is 16.5. The summed E-state index contributed by atoms with van der Waals surface area (Å²) < 4.78 is 14.6. The number of hydrogen-bond donors (Lipinski definition) is 1. The van der Waals surface area contributed by atoms with Crippen molar-refractivity contribution in [2.24, 2.45) is 10.7 Å². The summed E-state index contributed by atoms with van der Waals surface area (Å²) in [7, 11) is 0. The zero-order chi connectivity index (χ0) is 19.9. The van der Waals surface area contributed by atoms with Gasteiger partial charge >= 0.3 is 0 Å². The van der Waals surface area contributed by atoms with Gasteiger partial charge in [0.1, 0.15) is 11.6 Å². The van der Waals surface area contributed by atoms with Crippen LogP contribution in [0.15, 0.2) is 71.9 Å². The van der Waals surface area contributed by atoms with Crippen molar-refractivity contribution in [3.63, 3.8) is 0 Å². The zero-order valence-electron chi connectivity index (χ0n) is 14.9. The third-order valence-corrected chi connectivity index (χ3v) is 4.68. The van der Waals surface area contributed by atoms with Crippen molar-refractivity contribution < 1.29 is 9.18 Å². The quantitative estimate of drug-likeness (QED) is 0.712. The van der Waals surface area contributed by atoms with Crippen LogP contribution in [0.5, 0.6) is 0 Å². The van der Waals surface area contributed by atoms with Gasteiger partial charge in [0, 0.05) is 28.4 Å². The first kappa shape index (κ1) is 18.3. The number of nitrogens with two attached hydrogens (primary N) is 1. The molecule has 1 unspecified atom stereocenters. The first-order chi connectivity index (χ1) is 13.4. The Balaban J connectivity index is 2.02. The Labute approximate surface area is 166 Å². The number of nitrogens with zero attached hydrogens (tertiary/aromatic N) is 3. The Bertz CT molecular complexity index is 1110. The number of fused-ring (bicyclic) bond motifs is 1. The van der Waals surface area contributed by atoms with Gasteiger partial charge in [-0.15, -0.1) is 0 Å². The van der Waals surface area contributed by atoms with E-state index in [2.05, 4.69) is 9.98 Å². The van der Waals surface area contributed by atoms with Crippen molar-refractivity contribution in [2.75, 3.05) is 4.90 Å². The van der Waals surface area contributed by atoms with Crippen LogP contribution >= 0.6 is 11.6 Å². The molecule has 1 aliphatic heterocycles. The van der Waals surface area contributed by atoms with Gasteiger partial charge in [0.15, 0.2) is 5.66 Å². The highest BCUT2D eigenvalue weighted by Gasteiger charge is 2.40. The summed E-state index contributed by atoms with van der Waals surface area (Å²) in [4.78, 5) is 23.4. The molecule has 0 radical (unpaired) electrons. The topological polar surface area (TPSA) is 71.6 Å². The van der Waals surface area contributed by atoms with Crippen LogP contribution in [0.4, 0.5) is 15.9 Å². The van der Waals surface area contributed by atoms with E-state index in [1.807, 2.05) is 0 Å². The van der Waals surface area contributed by atoms with Crippen molar-refractivity contribution in [2.45, 2.75) is 12.6 Å². The Hall–Kier alpha value is -3.09. The molecule has 0 saturated heterocycles. The predicted molar refractivity (Wildman–Crippen MR) is 107 cm³/mol. The summed E-state index contributed by atoms with van der Waals surface area (Å²) in [6.45, 7) is 1.49. The van der Waals surface area contributed by atoms with Gasteiger partial charge < -0.3 is 0 Å². The smallest absolute Gasteiger partial charge is 0.274 e. The number of carbonyl (C=O) groups excluding carboxylic acids is 1. The highest BCUT2D eigenvalue weighted by Crippen LogP contribution is 2.35. The molecule has 0 spiro atoms. The van der Waals surface area contributed by atoms with Crippen LogP contribution in [0.3, 0.4) is 0 Å². The second-order valence-electron chi connectivity index (χ2n) is 6.58. The average molecular weight is 395 g/mol. The molecule has 28 heavy (non-hydrogen) atoms. The summed E-state index contributed by atoms with van der Waals surface area (Å²) in [5.41, 5.74) is 6.28. The van der Waals surface area contributed by atoms with Gasteiger partial charge in [-0.1, -0.05) is 41.9 Å². The summed E-state index contributed by atoms with van der Waals surface area (Å²) >= 11 is 6.11. The summed E-state index contributed by atoms with van der Waals surface area (Å²) in [6.07, 6.45) is 1.50.